The highest BCUT2D eigenvalue weighted by Crippen LogP contribution is 2.34. The third-order valence-corrected chi connectivity index (χ3v) is 4.19. The number of hydrogen-bond donors (Lipinski definition) is 1. The van der Waals surface area contributed by atoms with Crippen LogP contribution in [0, 0.1) is 11.8 Å². The molecule has 0 aliphatic heterocycles. The van der Waals surface area contributed by atoms with E-state index in [1.54, 1.807) is 6.26 Å². The number of furan rings is 1. The maximum Gasteiger partial charge on any atom is 0.134 e. The van der Waals surface area contributed by atoms with Gasteiger partial charge >= 0.3 is 0 Å². The molecule has 1 aromatic heterocycles. The van der Waals surface area contributed by atoms with Crippen molar-refractivity contribution in [3.63, 3.8) is 0 Å². The van der Waals surface area contributed by atoms with Gasteiger partial charge in [-0.15, -0.1) is 0 Å². The molecule has 0 bridgehead atoms. The quantitative estimate of drug-likeness (QED) is 0.890. The molecular formula is C15H25NO2. The Balaban J connectivity index is 1.98. The summed E-state index contributed by atoms with van der Waals surface area (Å²) < 4.78 is 11.6. The van der Waals surface area contributed by atoms with Gasteiger partial charge < -0.3 is 14.9 Å². The van der Waals surface area contributed by atoms with Gasteiger partial charge in [0.1, 0.15) is 11.9 Å². The molecule has 2 N–H and O–H groups in total. The summed E-state index contributed by atoms with van der Waals surface area (Å²) >= 11 is 0. The van der Waals surface area contributed by atoms with Crippen molar-refractivity contribution in [1.82, 2.24) is 0 Å². The van der Waals surface area contributed by atoms with Crippen molar-refractivity contribution in [3.8, 4) is 0 Å². The van der Waals surface area contributed by atoms with Gasteiger partial charge in [0.05, 0.1) is 12.4 Å². The minimum absolute atomic E-state index is 0.0502. The lowest BCUT2D eigenvalue weighted by molar-refractivity contribution is -0.0649. The van der Waals surface area contributed by atoms with E-state index in [0.29, 0.717) is 6.10 Å². The van der Waals surface area contributed by atoms with Crippen LogP contribution in [0.25, 0.3) is 0 Å². The molecule has 2 rings (SSSR count). The molecule has 3 heteroatoms. The average molecular weight is 251 g/mol. The highest BCUT2D eigenvalue weighted by Gasteiger charge is 2.29. The zero-order valence-corrected chi connectivity index (χ0v) is 11.6. The summed E-state index contributed by atoms with van der Waals surface area (Å²) in [5.41, 5.74) is 6.02. The van der Waals surface area contributed by atoms with E-state index in [2.05, 4.69) is 13.8 Å². The standard InChI is InChI=1S/C15H25NO2/c1-10-6-7-13(9-11(10)2)18-15(12(3)16)14-5-4-8-17-14/h4-5,8,10-13,15H,6-7,9,16H2,1-3H3. The summed E-state index contributed by atoms with van der Waals surface area (Å²) in [6, 6.07) is 3.79. The van der Waals surface area contributed by atoms with Crippen LogP contribution in [-0.4, -0.2) is 12.1 Å². The van der Waals surface area contributed by atoms with Crippen LogP contribution in [0.4, 0.5) is 0 Å². The summed E-state index contributed by atoms with van der Waals surface area (Å²) in [4.78, 5) is 0. The van der Waals surface area contributed by atoms with Crippen LogP contribution in [0.1, 0.15) is 51.9 Å². The van der Waals surface area contributed by atoms with Gasteiger partial charge in [0.25, 0.3) is 0 Å². The fourth-order valence-corrected chi connectivity index (χ4v) is 2.73. The van der Waals surface area contributed by atoms with Crippen molar-refractivity contribution >= 4 is 0 Å². The Morgan fingerprint density at radius 1 is 1.33 bits per heavy atom. The topological polar surface area (TPSA) is 48.4 Å². The molecule has 5 atom stereocenters. The lowest BCUT2D eigenvalue weighted by atomic mass is 9.80. The van der Waals surface area contributed by atoms with Crippen LogP contribution in [-0.2, 0) is 4.74 Å². The van der Waals surface area contributed by atoms with Gasteiger partial charge in [0.15, 0.2) is 0 Å². The smallest absolute Gasteiger partial charge is 0.134 e. The van der Waals surface area contributed by atoms with E-state index in [4.69, 9.17) is 14.9 Å². The first-order valence-corrected chi connectivity index (χ1v) is 7.02. The molecular weight excluding hydrogens is 226 g/mol. The minimum Gasteiger partial charge on any atom is -0.467 e. The molecule has 1 aliphatic carbocycles. The van der Waals surface area contributed by atoms with Crippen LogP contribution in [0.5, 0.6) is 0 Å². The van der Waals surface area contributed by atoms with E-state index in [9.17, 15) is 0 Å². The fourth-order valence-electron chi connectivity index (χ4n) is 2.73. The molecule has 0 amide bonds. The van der Waals surface area contributed by atoms with Crippen LogP contribution >= 0.6 is 0 Å². The zero-order chi connectivity index (χ0) is 13.1. The largest absolute Gasteiger partial charge is 0.467 e. The summed E-state index contributed by atoms with van der Waals surface area (Å²) in [6.07, 6.45) is 5.39. The van der Waals surface area contributed by atoms with E-state index in [1.807, 2.05) is 19.1 Å². The maximum atomic E-state index is 6.20. The van der Waals surface area contributed by atoms with Gasteiger partial charge in [-0.05, 0) is 50.2 Å². The zero-order valence-electron chi connectivity index (χ0n) is 11.6. The van der Waals surface area contributed by atoms with Crippen LogP contribution in [0.3, 0.4) is 0 Å². The summed E-state index contributed by atoms with van der Waals surface area (Å²) in [5, 5.41) is 0. The Morgan fingerprint density at radius 3 is 2.67 bits per heavy atom. The molecule has 0 saturated heterocycles. The van der Waals surface area contributed by atoms with Crippen LogP contribution in [0.15, 0.2) is 22.8 Å². The van der Waals surface area contributed by atoms with Crippen LogP contribution < -0.4 is 5.73 Å². The highest BCUT2D eigenvalue weighted by atomic mass is 16.5. The number of hydrogen-bond acceptors (Lipinski definition) is 3. The molecule has 1 saturated carbocycles. The van der Waals surface area contributed by atoms with Gasteiger partial charge in [0, 0.05) is 6.04 Å². The van der Waals surface area contributed by atoms with E-state index in [0.717, 1.165) is 30.4 Å². The predicted octanol–water partition coefficient (Wildman–Crippen LogP) is 3.51. The predicted molar refractivity (Wildman–Crippen MR) is 72.2 cm³/mol. The number of ether oxygens (including phenoxy) is 1. The van der Waals surface area contributed by atoms with Crippen molar-refractivity contribution in [3.05, 3.63) is 24.2 Å². The number of rotatable bonds is 4. The van der Waals surface area contributed by atoms with Crippen molar-refractivity contribution in [1.29, 1.82) is 0 Å². The Hall–Kier alpha value is -0.800. The Morgan fingerprint density at radius 2 is 2.11 bits per heavy atom. The Kier molecular flexibility index (Phi) is 4.46. The highest BCUT2D eigenvalue weighted by molar-refractivity contribution is 5.04. The van der Waals surface area contributed by atoms with E-state index in [-0.39, 0.29) is 12.1 Å². The molecule has 1 aromatic rings. The van der Waals surface area contributed by atoms with Gasteiger partial charge in [-0.25, -0.2) is 0 Å². The normalized spacial score (nSPS) is 32.1. The van der Waals surface area contributed by atoms with Crippen molar-refractivity contribution in [2.24, 2.45) is 17.6 Å². The van der Waals surface area contributed by atoms with Gasteiger partial charge in [0.2, 0.25) is 0 Å². The Labute approximate surface area is 110 Å². The molecule has 0 spiro atoms. The maximum absolute atomic E-state index is 6.20. The lowest BCUT2D eigenvalue weighted by Crippen LogP contribution is -2.33. The summed E-state index contributed by atoms with van der Waals surface area (Å²) in [5.74, 6) is 2.38. The second-order valence-corrected chi connectivity index (χ2v) is 5.82. The summed E-state index contributed by atoms with van der Waals surface area (Å²) in [6.45, 7) is 6.62. The Bertz CT molecular complexity index is 347. The van der Waals surface area contributed by atoms with Gasteiger partial charge in [-0.1, -0.05) is 13.8 Å². The van der Waals surface area contributed by atoms with Crippen molar-refractivity contribution in [2.75, 3.05) is 0 Å². The SMILES string of the molecule is CC(N)C(OC1CCC(C)C(C)C1)c1ccco1. The first-order chi connectivity index (χ1) is 8.58. The van der Waals surface area contributed by atoms with Gasteiger partial charge in [-0.3, -0.25) is 0 Å². The third kappa shape index (κ3) is 3.15. The van der Waals surface area contributed by atoms with Crippen LogP contribution in [0.2, 0.25) is 0 Å². The third-order valence-electron chi connectivity index (χ3n) is 4.19. The molecule has 5 unspecified atom stereocenters. The fraction of sp³-hybridized carbons (Fsp3) is 0.733. The van der Waals surface area contributed by atoms with Gasteiger partial charge in [-0.2, -0.15) is 0 Å². The molecule has 0 radical (unpaired) electrons. The minimum atomic E-state index is -0.120. The molecule has 18 heavy (non-hydrogen) atoms. The molecule has 1 heterocycles. The average Bonchev–Trinajstić information content (AvgIpc) is 2.83. The monoisotopic (exact) mass is 251 g/mol. The second-order valence-electron chi connectivity index (χ2n) is 5.82. The first-order valence-electron chi connectivity index (χ1n) is 7.02. The van der Waals surface area contributed by atoms with E-state index < -0.39 is 0 Å². The first kappa shape index (κ1) is 13.6. The second kappa shape index (κ2) is 5.89. The molecule has 102 valence electrons. The van der Waals surface area contributed by atoms with Crippen molar-refractivity contribution < 1.29 is 9.15 Å². The van der Waals surface area contributed by atoms with E-state index in [1.165, 1.54) is 6.42 Å². The molecule has 3 nitrogen and oxygen atoms in total. The molecule has 1 fully saturated rings. The summed E-state index contributed by atoms with van der Waals surface area (Å²) in [7, 11) is 0. The lowest BCUT2D eigenvalue weighted by Gasteiger charge is -2.34. The van der Waals surface area contributed by atoms with E-state index >= 15 is 0 Å². The molecule has 1 aliphatic rings. The number of nitrogens with two attached hydrogens (primary N) is 1. The molecule has 0 aromatic carbocycles. The van der Waals surface area contributed by atoms with Crippen molar-refractivity contribution in [2.45, 2.75) is 58.3 Å².